The summed E-state index contributed by atoms with van der Waals surface area (Å²) in [6, 6.07) is 5.57. The Kier molecular flexibility index (Phi) is 12.5. The predicted octanol–water partition coefficient (Wildman–Crippen LogP) is 3.65. The first-order valence-electron chi connectivity index (χ1n) is 11.1. The van der Waals surface area contributed by atoms with E-state index in [1.54, 1.807) is 18.3 Å². The number of hydrogen-bond acceptors (Lipinski definition) is 7. The number of aromatic nitrogens is 1. The molecule has 2 N–H and O–H groups in total. The molecule has 0 saturated heterocycles. The van der Waals surface area contributed by atoms with Gasteiger partial charge in [-0.15, -0.1) is 12.8 Å². The molecule has 0 bridgehead atoms. The molecule has 0 aromatic carbocycles. The van der Waals surface area contributed by atoms with E-state index in [2.05, 4.69) is 39.5 Å². The van der Waals surface area contributed by atoms with Crippen molar-refractivity contribution >= 4 is 17.9 Å². The topological polar surface area (TPSA) is 103 Å². The SMILES string of the molecule is C#C.C/C=C1/NCC=N/C1=C(/C)C(C)OCCC(=O)N/C=C(\C)N(CC)c1ccc(C#N)cn1. The van der Waals surface area contributed by atoms with Crippen LogP contribution < -0.4 is 15.5 Å². The van der Waals surface area contributed by atoms with Crippen LogP contribution in [0.1, 0.15) is 46.6 Å². The smallest absolute Gasteiger partial charge is 0.226 e. The molecule has 2 heterocycles. The van der Waals surface area contributed by atoms with E-state index in [1.807, 2.05) is 51.8 Å². The molecule has 8 nitrogen and oxygen atoms in total. The van der Waals surface area contributed by atoms with Gasteiger partial charge in [-0.3, -0.25) is 9.79 Å². The van der Waals surface area contributed by atoms with Crippen molar-refractivity contribution in [3.8, 4) is 18.9 Å². The largest absolute Gasteiger partial charge is 0.379 e. The molecular weight excluding hydrogens is 428 g/mol. The maximum absolute atomic E-state index is 12.3. The number of aliphatic imine (C=N–C) groups is 1. The second-order valence-corrected chi connectivity index (χ2v) is 7.30. The highest BCUT2D eigenvalue weighted by Gasteiger charge is 2.16. The molecule has 1 atom stereocenters. The van der Waals surface area contributed by atoms with Gasteiger partial charge in [0.25, 0.3) is 0 Å². The standard InChI is InChI=1S/C24H32N6O2.C2H2/c1-6-21-24(27-12-11-26-21)18(4)19(5)32-13-10-23(31)29-15-17(3)30(7-2)22-9-8-20(14-25)16-28-22;1-2/h6,8-9,12,15-16,19,26H,7,10-11,13H2,1-5H3,(H,29,31);1-2H/b17-15+,21-6+,24-18-;. The number of carbonyl (C=O) groups is 1. The molecule has 2 rings (SSSR count). The van der Waals surface area contributed by atoms with Crippen LogP contribution in [0.5, 0.6) is 0 Å². The van der Waals surface area contributed by atoms with Gasteiger partial charge in [-0.2, -0.15) is 5.26 Å². The Morgan fingerprint density at radius 2 is 2.15 bits per heavy atom. The highest BCUT2D eigenvalue weighted by molar-refractivity contribution is 5.77. The Hall–Kier alpha value is -3.88. The number of amides is 1. The summed E-state index contributed by atoms with van der Waals surface area (Å²) in [5.41, 5.74) is 4.26. The van der Waals surface area contributed by atoms with Gasteiger partial charge >= 0.3 is 0 Å². The number of nitrogens with one attached hydrogen (secondary N) is 2. The van der Waals surface area contributed by atoms with E-state index in [-0.39, 0.29) is 18.4 Å². The second kappa shape index (κ2) is 15.0. The van der Waals surface area contributed by atoms with E-state index in [4.69, 9.17) is 10.00 Å². The van der Waals surface area contributed by atoms with Crippen molar-refractivity contribution in [3.05, 3.63) is 58.8 Å². The van der Waals surface area contributed by atoms with Crippen LogP contribution in [-0.2, 0) is 9.53 Å². The zero-order valence-corrected chi connectivity index (χ0v) is 20.6. The highest BCUT2D eigenvalue weighted by Crippen LogP contribution is 2.20. The maximum Gasteiger partial charge on any atom is 0.226 e. The summed E-state index contributed by atoms with van der Waals surface area (Å²) < 4.78 is 5.87. The molecule has 1 aromatic heterocycles. The second-order valence-electron chi connectivity index (χ2n) is 7.30. The minimum absolute atomic E-state index is 0.128. The van der Waals surface area contributed by atoms with Crippen LogP contribution in [0.3, 0.4) is 0 Å². The first-order valence-corrected chi connectivity index (χ1v) is 11.1. The van der Waals surface area contributed by atoms with E-state index < -0.39 is 0 Å². The van der Waals surface area contributed by atoms with Crippen LogP contribution in [0.15, 0.2) is 58.3 Å². The van der Waals surface area contributed by atoms with Gasteiger partial charge in [0.15, 0.2) is 0 Å². The van der Waals surface area contributed by atoms with Crippen molar-refractivity contribution in [1.82, 2.24) is 15.6 Å². The summed E-state index contributed by atoms with van der Waals surface area (Å²) in [7, 11) is 0. The molecule has 0 saturated carbocycles. The fourth-order valence-electron chi connectivity index (χ4n) is 3.18. The number of hydrogen-bond donors (Lipinski definition) is 2. The summed E-state index contributed by atoms with van der Waals surface area (Å²) >= 11 is 0. The molecule has 180 valence electrons. The van der Waals surface area contributed by atoms with E-state index in [0.29, 0.717) is 18.7 Å². The highest BCUT2D eigenvalue weighted by atomic mass is 16.5. The lowest BCUT2D eigenvalue weighted by Crippen LogP contribution is -2.26. The van der Waals surface area contributed by atoms with Gasteiger partial charge in [-0.05, 0) is 52.3 Å². The van der Waals surface area contributed by atoms with Crippen molar-refractivity contribution in [3.63, 3.8) is 0 Å². The molecule has 0 radical (unpaired) electrons. The molecule has 1 amide bonds. The summed E-state index contributed by atoms with van der Waals surface area (Å²) in [5, 5.41) is 15.0. The number of carbonyl (C=O) groups excluding carboxylic acids is 1. The first-order chi connectivity index (χ1) is 16.4. The number of terminal acetylenes is 1. The van der Waals surface area contributed by atoms with Crippen molar-refractivity contribution in [2.75, 3.05) is 24.6 Å². The van der Waals surface area contributed by atoms with Crippen LogP contribution in [0.25, 0.3) is 0 Å². The zero-order chi connectivity index (χ0) is 25.5. The number of pyridine rings is 1. The summed E-state index contributed by atoms with van der Waals surface area (Å²) in [6.45, 7) is 11.5. The lowest BCUT2D eigenvalue weighted by atomic mass is 10.1. The summed E-state index contributed by atoms with van der Waals surface area (Å²) in [5.74, 6) is 0.590. The quantitative estimate of drug-likeness (QED) is 0.543. The molecule has 0 spiro atoms. The molecule has 1 aliphatic rings. The molecule has 0 aliphatic carbocycles. The zero-order valence-electron chi connectivity index (χ0n) is 20.6. The summed E-state index contributed by atoms with van der Waals surface area (Å²) in [4.78, 5) is 23.0. The summed E-state index contributed by atoms with van der Waals surface area (Å²) in [6.07, 6.45) is 15.1. The molecule has 1 unspecified atom stereocenters. The Bertz CT molecular complexity index is 996. The van der Waals surface area contributed by atoms with Crippen molar-refractivity contribution in [2.24, 2.45) is 4.99 Å². The van der Waals surface area contributed by atoms with Crippen molar-refractivity contribution in [2.45, 2.75) is 47.1 Å². The third-order valence-corrected chi connectivity index (χ3v) is 5.17. The Balaban J connectivity index is 0.00000281. The lowest BCUT2D eigenvalue weighted by Gasteiger charge is -2.22. The minimum atomic E-state index is -0.153. The van der Waals surface area contributed by atoms with Crippen LogP contribution in [0.4, 0.5) is 5.82 Å². The number of allylic oxidation sites excluding steroid dienone is 2. The predicted molar refractivity (Wildman–Crippen MR) is 137 cm³/mol. The van der Waals surface area contributed by atoms with E-state index in [9.17, 15) is 4.79 Å². The van der Waals surface area contributed by atoms with Gasteiger partial charge in [0.2, 0.25) is 5.91 Å². The fraction of sp³-hybridized carbons (Fsp3) is 0.385. The molecular formula is C26H34N6O2. The molecule has 8 heteroatoms. The monoisotopic (exact) mass is 462 g/mol. The van der Waals surface area contributed by atoms with E-state index >= 15 is 0 Å². The average molecular weight is 463 g/mol. The Morgan fingerprint density at radius 3 is 2.74 bits per heavy atom. The fourth-order valence-corrected chi connectivity index (χ4v) is 3.18. The van der Waals surface area contributed by atoms with Crippen LogP contribution in [-0.4, -0.2) is 42.9 Å². The third kappa shape index (κ3) is 8.23. The lowest BCUT2D eigenvalue weighted by molar-refractivity contribution is -0.121. The Morgan fingerprint density at radius 1 is 1.41 bits per heavy atom. The average Bonchev–Trinajstić information content (AvgIpc) is 2.88. The molecule has 1 aliphatic heterocycles. The third-order valence-electron chi connectivity index (χ3n) is 5.17. The maximum atomic E-state index is 12.3. The van der Waals surface area contributed by atoms with Crippen LogP contribution in [0, 0.1) is 24.2 Å². The number of nitrogens with zero attached hydrogens (tertiary/aromatic N) is 4. The minimum Gasteiger partial charge on any atom is -0.379 e. The molecule has 0 fully saturated rings. The van der Waals surface area contributed by atoms with E-state index in [0.717, 1.165) is 35.0 Å². The van der Waals surface area contributed by atoms with Gasteiger partial charge < -0.3 is 20.3 Å². The number of ether oxygens (including phenoxy) is 1. The van der Waals surface area contributed by atoms with Gasteiger partial charge in [-0.1, -0.05) is 6.08 Å². The molecule has 34 heavy (non-hydrogen) atoms. The van der Waals surface area contributed by atoms with Crippen molar-refractivity contribution < 1.29 is 9.53 Å². The van der Waals surface area contributed by atoms with Gasteiger partial charge in [0.1, 0.15) is 11.9 Å². The van der Waals surface area contributed by atoms with Gasteiger partial charge in [-0.25, -0.2) is 4.98 Å². The van der Waals surface area contributed by atoms with Crippen LogP contribution in [0.2, 0.25) is 0 Å². The van der Waals surface area contributed by atoms with Crippen molar-refractivity contribution in [1.29, 1.82) is 5.26 Å². The first kappa shape index (κ1) is 28.2. The van der Waals surface area contributed by atoms with Gasteiger partial charge in [0, 0.05) is 30.9 Å². The van der Waals surface area contributed by atoms with E-state index in [1.165, 1.54) is 6.20 Å². The number of rotatable bonds is 9. The number of anilines is 1. The molecule has 1 aromatic rings. The van der Waals surface area contributed by atoms with Gasteiger partial charge in [0.05, 0.1) is 42.6 Å². The Labute approximate surface area is 203 Å². The van der Waals surface area contributed by atoms with Crippen LogP contribution >= 0.6 is 0 Å². The normalized spacial score (nSPS) is 16.4. The number of nitriles is 1.